The highest BCUT2D eigenvalue weighted by Gasteiger charge is 2.17. The van der Waals surface area contributed by atoms with Gasteiger partial charge in [0.1, 0.15) is 11.4 Å². The van der Waals surface area contributed by atoms with Crippen molar-refractivity contribution in [3.63, 3.8) is 0 Å². The Hall–Kier alpha value is -4.04. The van der Waals surface area contributed by atoms with Crippen LogP contribution in [0.15, 0.2) is 71.4 Å². The minimum atomic E-state index is -0.546. The number of benzene rings is 2. The Morgan fingerprint density at radius 3 is 2.73 bits per heavy atom. The lowest BCUT2D eigenvalue weighted by Gasteiger charge is -2.11. The van der Waals surface area contributed by atoms with Crippen LogP contribution in [0.4, 0.5) is 4.39 Å². The molecule has 0 spiro atoms. The number of nitrogens with two attached hydrogens (primary N) is 1. The van der Waals surface area contributed by atoms with Gasteiger partial charge in [0.15, 0.2) is 11.6 Å². The van der Waals surface area contributed by atoms with Gasteiger partial charge in [0.25, 0.3) is 0 Å². The number of H-pyrrole nitrogens is 1. The summed E-state index contributed by atoms with van der Waals surface area (Å²) in [6.07, 6.45) is 4.34. The molecule has 3 aromatic heterocycles. The van der Waals surface area contributed by atoms with Gasteiger partial charge in [-0.05, 0) is 48.2 Å². The van der Waals surface area contributed by atoms with Gasteiger partial charge in [-0.2, -0.15) is 0 Å². The minimum Gasteiger partial charge on any atom is -0.453 e. The van der Waals surface area contributed by atoms with Crippen molar-refractivity contribution in [2.75, 3.05) is 0 Å². The zero-order valence-corrected chi connectivity index (χ0v) is 18.0. The van der Waals surface area contributed by atoms with Gasteiger partial charge in [0.2, 0.25) is 11.8 Å². The SMILES string of the molecule is Cc1c[nH]c2nccc(Oc3ccc(CC(N)c4nnc(Cc5ccccc5)o4)cc3F)c12. The second-order valence-corrected chi connectivity index (χ2v) is 7.88. The smallest absolute Gasteiger partial charge is 0.233 e. The van der Waals surface area contributed by atoms with E-state index in [-0.39, 0.29) is 5.75 Å². The number of hydrogen-bond donors (Lipinski definition) is 2. The molecular weight excluding hydrogens is 421 g/mol. The molecule has 5 aromatic rings. The third kappa shape index (κ3) is 4.47. The van der Waals surface area contributed by atoms with E-state index in [1.807, 2.05) is 43.5 Å². The lowest BCUT2D eigenvalue weighted by atomic mass is 10.1. The molecule has 0 bridgehead atoms. The molecule has 0 aliphatic rings. The van der Waals surface area contributed by atoms with Crippen molar-refractivity contribution in [2.45, 2.75) is 25.8 Å². The summed E-state index contributed by atoms with van der Waals surface area (Å²) in [4.78, 5) is 7.34. The molecule has 0 amide bonds. The van der Waals surface area contributed by atoms with Gasteiger partial charge in [-0.1, -0.05) is 36.4 Å². The van der Waals surface area contributed by atoms with E-state index in [1.54, 1.807) is 24.4 Å². The van der Waals surface area contributed by atoms with Crippen molar-refractivity contribution in [1.82, 2.24) is 20.2 Å². The summed E-state index contributed by atoms with van der Waals surface area (Å²) in [6, 6.07) is 15.8. The molecule has 0 radical (unpaired) electrons. The topological polar surface area (TPSA) is 103 Å². The van der Waals surface area contributed by atoms with Crippen molar-refractivity contribution in [1.29, 1.82) is 0 Å². The fraction of sp³-hybridized carbons (Fsp3) is 0.160. The number of halogens is 1. The summed E-state index contributed by atoms with van der Waals surface area (Å²) in [7, 11) is 0. The van der Waals surface area contributed by atoms with Crippen LogP contribution in [0, 0.1) is 12.7 Å². The van der Waals surface area contributed by atoms with Gasteiger partial charge >= 0.3 is 0 Å². The van der Waals surface area contributed by atoms with Crippen LogP contribution in [0.1, 0.15) is 34.5 Å². The molecular formula is C25H22FN5O2. The van der Waals surface area contributed by atoms with Gasteiger partial charge in [-0.15, -0.1) is 10.2 Å². The number of nitrogens with one attached hydrogen (secondary N) is 1. The van der Waals surface area contributed by atoms with E-state index in [0.29, 0.717) is 41.6 Å². The zero-order valence-electron chi connectivity index (χ0n) is 18.0. The predicted octanol–water partition coefficient (Wildman–Crippen LogP) is 5.02. The highest BCUT2D eigenvalue weighted by atomic mass is 19.1. The van der Waals surface area contributed by atoms with Gasteiger partial charge in [0.05, 0.1) is 17.8 Å². The van der Waals surface area contributed by atoms with E-state index >= 15 is 0 Å². The van der Waals surface area contributed by atoms with Crippen LogP contribution >= 0.6 is 0 Å². The van der Waals surface area contributed by atoms with Crippen molar-refractivity contribution < 1.29 is 13.5 Å². The van der Waals surface area contributed by atoms with Gasteiger partial charge in [-0.25, -0.2) is 9.37 Å². The molecule has 8 heteroatoms. The van der Waals surface area contributed by atoms with Crippen LogP contribution < -0.4 is 10.5 Å². The Morgan fingerprint density at radius 1 is 1.06 bits per heavy atom. The number of ether oxygens (including phenoxy) is 1. The first-order valence-electron chi connectivity index (χ1n) is 10.6. The lowest BCUT2D eigenvalue weighted by molar-refractivity contribution is 0.420. The number of nitrogens with zero attached hydrogens (tertiary/aromatic N) is 3. The third-order valence-corrected chi connectivity index (χ3v) is 5.40. The van der Waals surface area contributed by atoms with E-state index in [2.05, 4.69) is 20.2 Å². The molecule has 3 heterocycles. The molecule has 3 N–H and O–H groups in total. The number of aromatic amines is 1. The van der Waals surface area contributed by atoms with Crippen molar-refractivity contribution in [3.8, 4) is 11.5 Å². The molecule has 5 rings (SSSR count). The average molecular weight is 443 g/mol. The van der Waals surface area contributed by atoms with Crippen molar-refractivity contribution in [2.24, 2.45) is 5.73 Å². The highest BCUT2D eigenvalue weighted by molar-refractivity contribution is 5.86. The first-order chi connectivity index (χ1) is 16.1. The van der Waals surface area contributed by atoms with E-state index in [9.17, 15) is 4.39 Å². The maximum Gasteiger partial charge on any atom is 0.233 e. The van der Waals surface area contributed by atoms with Crippen LogP contribution in [-0.4, -0.2) is 20.2 Å². The predicted molar refractivity (Wildman–Crippen MR) is 121 cm³/mol. The van der Waals surface area contributed by atoms with Crippen molar-refractivity contribution >= 4 is 11.0 Å². The fourth-order valence-corrected chi connectivity index (χ4v) is 3.74. The van der Waals surface area contributed by atoms with Crippen LogP contribution in [0.25, 0.3) is 11.0 Å². The Morgan fingerprint density at radius 2 is 1.91 bits per heavy atom. The Bertz CT molecular complexity index is 1400. The highest BCUT2D eigenvalue weighted by Crippen LogP contribution is 2.32. The molecule has 166 valence electrons. The van der Waals surface area contributed by atoms with Gasteiger partial charge in [-0.3, -0.25) is 0 Å². The Kier molecular flexibility index (Phi) is 5.58. The number of fused-ring (bicyclic) bond motifs is 1. The lowest BCUT2D eigenvalue weighted by Crippen LogP contribution is -2.14. The number of aromatic nitrogens is 4. The molecule has 33 heavy (non-hydrogen) atoms. The number of rotatable bonds is 7. The summed E-state index contributed by atoms with van der Waals surface area (Å²) in [5.74, 6) is 1.00. The largest absolute Gasteiger partial charge is 0.453 e. The average Bonchev–Trinajstić information content (AvgIpc) is 3.44. The first-order valence-corrected chi connectivity index (χ1v) is 10.6. The first kappa shape index (κ1) is 20.8. The summed E-state index contributed by atoms with van der Waals surface area (Å²) in [5, 5.41) is 8.97. The molecule has 7 nitrogen and oxygen atoms in total. The summed E-state index contributed by atoms with van der Waals surface area (Å²) < 4.78 is 26.4. The number of hydrogen-bond acceptors (Lipinski definition) is 6. The normalized spacial score (nSPS) is 12.2. The molecule has 0 aliphatic carbocycles. The van der Waals surface area contributed by atoms with Crippen LogP contribution in [0.2, 0.25) is 0 Å². The zero-order chi connectivity index (χ0) is 22.8. The number of aryl methyl sites for hydroxylation is 1. The van der Waals surface area contributed by atoms with E-state index in [4.69, 9.17) is 14.9 Å². The molecule has 0 aliphatic heterocycles. The maximum absolute atomic E-state index is 14.8. The molecule has 1 unspecified atom stereocenters. The maximum atomic E-state index is 14.8. The number of pyridine rings is 1. The second kappa shape index (κ2) is 8.84. The van der Waals surface area contributed by atoms with E-state index < -0.39 is 11.9 Å². The molecule has 0 saturated carbocycles. The third-order valence-electron chi connectivity index (χ3n) is 5.40. The quantitative estimate of drug-likeness (QED) is 0.366. The second-order valence-electron chi connectivity index (χ2n) is 7.88. The van der Waals surface area contributed by atoms with Crippen LogP contribution in [0.3, 0.4) is 0 Å². The van der Waals surface area contributed by atoms with E-state index in [1.165, 1.54) is 6.07 Å². The summed E-state index contributed by atoms with van der Waals surface area (Å²) >= 11 is 0. The molecule has 0 fully saturated rings. The molecule has 1 atom stereocenters. The Balaban J connectivity index is 1.28. The van der Waals surface area contributed by atoms with Crippen LogP contribution in [-0.2, 0) is 12.8 Å². The van der Waals surface area contributed by atoms with Gasteiger partial charge in [0, 0.05) is 12.4 Å². The Labute approximate surface area is 189 Å². The van der Waals surface area contributed by atoms with Crippen molar-refractivity contribution in [3.05, 3.63) is 101 Å². The van der Waals surface area contributed by atoms with Gasteiger partial charge < -0.3 is 19.9 Å². The molecule has 0 saturated heterocycles. The minimum absolute atomic E-state index is 0.128. The molecule has 2 aromatic carbocycles. The fourth-order valence-electron chi connectivity index (χ4n) is 3.74. The van der Waals surface area contributed by atoms with Crippen LogP contribution in [0.5, 0.6) is 11.5 Å². The summed E-state index contributed by atoms with van der Waals surface area (Å²) in [6.45, 7) is 1.94. The monoisotopic (exact) mass is 443 g/mol. The summed E-state index contributed by atoms with van der Waals surface area (Å²) in [5.41, 5.74) is 9.69. The standard InChI is InChI=1S/C25H22FN5O2/c1-15-14-29-24-23(15)21(9-10-28-24)32-20-8-7-17(11-18(20)26)12-19(27)25-31-30-22(33-25)13-16-5-3-2-4-6-16/h2-11,14,19H,12-13,27H2,1H3,(H,28,29). The van der Waals surface area contributed by atoms with E-state index in [0.717, 1.165) is 16.5 Å².